The van der Waals surface area contributed by atoms with Gasteiger partial charge in [-0.3, -0.25) is 18.6 Å². The highest BCUT2D eigenvalue weighted by molar-refractivity contribution is 7.47. The van der Waals surface area contributed by atoms with Crippen molar-refractivity contribution in [2.45, 2.75) is 148 Å². The predicted molar refractivity (Wildman–Crippen MR) is 183 cm³/mol. The molecule has 0 saturated carbocycles. The summed E-state index contributed by atoms with van der Waals surface area (Å²) >= 11 is 0. The Morgan fingerprint density at radius 2 is 1.27 bits per heavy atom. The zero-order valence-corrected chi connectivity index (χ0v) is 29.2. The minimum atomic E-state index is -4.41. The van der Waals surface area contributed by atoms with E-state index < -0.39 is 26.5 Å². The quantitative estimate of drug-likeness (QED) is 0.0284. The molecule has 2 unspecified atom stereocenters. The van der Waals surface area contributed by atoms with Gasteiger partial charge in [0.15, 0.2) is 0 Å². The molecule has 45 heavy (non-hydrogen) atoms. The summed E-state index contributed by atoms with van der Waals surface area (Å²) in [6.07, 6.45) is 32.2. The fraction of sp³-hybridized carbons (Fsp3) is 0.771. The van der Waals surface area contributed by atoms with Crippen molar-refractivity contribution in [1.82, 2.24) is 5.32 Å². The first-order valence-corrected chi connectivity index (χ1v) is 19.0. The number of phosphoric ester groups is 1. The summed E-state index contributed by atoms with van der Waals surface area (Å²) in [6.45, 7) is 3.36. The van der Waals surface area contributed by atoms with E-state index in [9.17, 15) is 24.2 Å². The van der Waals surface area contributed by atoms with Gasteiger partial charge in [0.25, 0.3) is 0 Å². The van der Waals surface area contributed by atoms with Crippen LogP contribution in [0.1, 0.15) is 142 Å². The number of aliphatic hydroxyl groups excluding tert-OH is 1. The summed E-state index contributed by atoms with van der Waals surface area (Å²) in [4.78, 5) is 33.6. The standard InChI is InChI=1S/C35H64NO8P/c1-3-5-7-9-11-13-15-16-18-19-21-23-25-27-34(38)36-29-30-43-45(40,41)44-32-33(37)31-42-35(39)28-26-24-22-20-17-14-12-10-8-6-4-2/h5,7,11,13,16,18,33,37H,3-4,6,8-10,12,14-15,17,19-32H2,1-2H3,(H,36,38)(H,40,41)/b7-5-,13-11-,18-16-. The number of hydrogen-bond acceptors (Lipinski definition) is 7. The molecule has 0 aromatic rings. The molecule has 3 N–H and O–H groups in total. The normalized spacial score (nSPS) is 14.0. The number of phosphoric acid groups is 1. The minimum absolute atomic E-state index is 0.0659. The first kappa shape index (κ1) is 43.2. The number of esters is 1. The number of rotatable bonds is 32. The lowest BCUT2D eigenvalue weighted by Gasteiger charge is -2.15. The van der Waals surface area contributed by atoms with Crippen molar-refractivity contribution < 1.29 is 37.9 Å². The van der Waals surface area contributed by atoms with Gasteiger partial charge in [-0.1, -0.05) is 121 Å². The Kier molecular flexibility index (Phi) is 30.9. The van der Waals surface area contributed by atoms with Crippen molar-refractivity contribution in [2.24, 2.45) is 0 Å². The maximum Gasteiger partial charge on any atom is 0.472 e. The molecule has 0 fully saturated rings. The molecule has 10 heteroatoms. The SMILES string of the molecule is CC/C=C\C/C=C\C/C=C\CCCCCC(=O)NCCOP(=O)(O)OCC(O)COC(=O)CCCCCCCCCCCCC. The number of ether oxygens (including phenoxy) is 1. The molecule has 0 bridgehead atoms. The van der Waals surface area contributed by atoms with Gasteiger partial charge >= 0.3 is 13.8 Å². The molecule has 1 amide bonds. The highest BCUT2D eigenvalue weighted by Gasteiger charge is 2.23. The van der Waals surface area contributed by atoms with Crippen molar-refractivity contribution in [2.75, 3.05) is 26.4 Å². The van der Waals surface area contributed by atoms with Crippen LogP contribution in [0.5, 0.6) is 0 Å². The van der Waals surface area contributed by atoms with E-state index in [4.69, 9.17) is 13.8 Å². The summed E-state index contributed by atoms with van der Waals surface area (Å²) in [5.74, 6) is -0.550. The van der Waals surface area contributed by atoms with Crippen LogP contribution in [0, 0.1) is 0 Å². The van der Waals surface area contributed by atoms with Gasteiger partial charge in [0.05, 0.1) is 13.2 Å². The monoisotopic (exact) mass is 657 g/mol. The van der Waals surface area contributed by atoms with E-state index in [2.05, 4.69) is 55.6 Å². The van der Waals surface area contributed by atoms with Crippen LogP contribution in [0.3, 0.4) is 0 Å². The summed E-state index contributed by atoms with van der Waals surface area (Å²) < 4.78 is 26.7. The lowest BCUT2D eigenvalue weighted by molar-refractivity contribution is -0.147. The van der Waals surface area contributed by atoms with Crippen molar-refractivity contribution in [3.8, 4) is 0 Å². The smallest absolute Gasteiger partial charge is 0.463 e. The zero-order valence-electron chi connectivity index (χ0n) is 28.3. The van der Waals surface area contributed by atoms with Gasteiger partial charge < -0.3 is 20.1 Å². The third-order valence-corrected chi connectivity index (χ3v) is 8.07. The van der Waals surface area contributed by atoms with Gasteiger partial charge in [0.2, 0.25) is 5.91 Å². The third-order valence-electron chi connectivity index (χ3n) is 7.08. The van der Waals surface area contributed by atoms with E-state index in [0.29, 0.717) is 6.42 Å². The predicted octanol–water partition coefficient (Wildman–Crippen LogP) is 8.65. The van der Waals surface area contributed by atoms with Gasteiger partial charge in [-0.25, -0.2) is 4.57 Å². The number of nitrogens with one attached hydrogen (secondary N) is 1. The molecular formula is C35H64NO8P. The van der Waals surface area contributed by atoms with Crippen LogP contribution in [0.25, 0.3) is 0 Å². The molecule has 0 aromatic carbocycles. The molecule has 0 aliphatic rings. The van der Waals surface area contributed by atoms with Crippen LogP contribution in [0.2, 0.25) is 0 Å². The number of carbonyl (C=O) groups excluding carboxylic acids is 2. The average molecular weight is 658 g/mol. The maximum absolute atomic E-state index is 12.0. The number of aliphatic hydroxyl groups is 1. The molecule has 2 atom stereocenters. The Morgan fingerprint density at radius 3 is 1.91 bits per heavy atom. The van der Waals surface area contributed by atoms with Crippen molar-refractivity contribution in [3.05, 3.63) is 36.5 Å². The zero-order chi connectivity index (χ0) is 33.3. The van der Waals surface area contributed by atoms with Gasteiger partial charge in [-0.15, -0.1) is 0 Å². The molecular weight excluding hydrogens is 593 g/mol. The number of unbranched alkanes of at least 4 members (excludes halogenated alkanes) is 13. The average Bonchev–Trinajstić information content (AvgIpc) is 3.02. The topological polar surface area (TPSA) is 131 Å². The number of carbonyl (C=O) groups is 2. The first-order chi connectivity index (χ1) is 21.8. The first-order valence-electron chi connectivity index (χ1n) is 17.5. The van der Waals surface area contributed by atoms with Crippen molar-refractivity contribution >= 4 is 19.7 Å². The van der Waals surface area contributed by atoms with E-state index in [-0.39, 0.29) is 32.1 Å². The van der Waals surface area contributed by atoms with E-state index in [0.717, 1.165) is 64.2 Å². The number of amides is 1. The van der Waals surface area contributed by atoms with E-state index >= 15 is 0 Å². The van der Waals surface area contributed by atoms with Gasteiger partial charge in [-0.2, -0.15) is 0 Å². The number of allylic oxidation sites excluding steroid dienone is 6. The molecule has 0 aliphatic heterocycles. The summed E-state index contributed by atoms with van der Waals surface area (Å²) in [5.41, 5.74) is 0. The molecule has 0 spiro atoms. The van der Waals surface area contributed by atoms with Crippen LogP contribution < -0.4 is 5.32 Å². The van der Waals surface area contributed by atoms with Crippen LogP contribution in [-0.4, -0.2) is 54.3 Å². The second-order valence-electron chi connectivity index (χ2n) is 11.5. The summed E-state index contributed by atoms with van der Waals surface area (Å²) in [7, 11) is -4.41. The molecule has 0 aliphatic carbocycles. The summed E-state index contributed by atoms with van der Waals surface area (Å²) in [6, 6.07) is 0. The van der Waals surface area contributed by atoms with Crippen molar-refractivity contribution in [3.63, 3.8) is 0 Å². The second-order valence-corrected chi connectivity index (χ2v) is 12.9. The third kappa shape index (κ3) is 33.4. The van der Waals surface area contributed by atoms with Gasteiger partial charge in [0, 0.05) is 19.4 Å². The lowest BCUT2D eigenvalue weighted by Crippen LogP contribution is -2.27. The maximum atomic E-state index is 12.0. The van der Waals surface area contributed by atoms with Crippen molar-refractivity contribution in [1.29, 1.82) is 0 Å². The van der Waals surface area contributed by atoms with Crippen LogP contribution in [0.15, 0.2) is 36.5 Å². The highest BCUT2D eigenvalue weighted by atomic mass is 31.2. The molecule has 262 valence electrons. The van der Waals surface area contributed by atoms with Gasteiger partial charge in [0.1, 0.15) is 12.7 Å². The molecule has 0 aromatic heterocycles. The molecule has 0 heterocycles. The van der Waals surface area contributed by atoms with Crippen LogP contribution in [-0.2, 0) is 27.9 Å². The Bertz CT molecular complexity index is 846. The Hall–Kier alpha value is -1.77. The minimum Gasteiger partial charge on any atom is -0.463 e. The largest absolute Gasteiger partial charge is 0.472 e. The Morgan fingerprint density at radius 1 is 0.711 bits per heavy atom. The fourth-order valence-electron chi connectivity index (χ4n) is 4.45. The highest BCUT2D eigenvalue weighted by Crippen LogP contribution is 2.42. The van der Waals surface area contributed by atoms with Gasteiger partial charge in [-0.05, 0) is 44.9 Å². The molecule has 0 saturated heterocycles. The van der Waals surface area contributed by atoms with E-state index in [1.165, 1.54) is 51.4 Å². The van der Waals surface area contributed by atoms with Crippen LogP contribution >= 0.6 is 7.82 Å². The molecule has 0 radical (unpaired) electrons. The Balaban J connectivity index is 3.69. The second kappa shape index (κ2) is 32.2. The molecule has 0 rings (SSSR count). The summed E-state index contributed by atoms with van der Waals surface area (Å²) in [5, 5.41) is 12.6. The van der Waals surface area contributed by atoms with E-state index in [1.54, 1.807) is 0 Å². The van der Waals surface area contributed by atoms with Crippen LogP contribution in [0.4, 0.5) is 0 Å². The lowest BCUT2D eigenvalue weighted by atomic mass is 10.1. The molecule has 9 nitrogen and oxygen atoms in total. The fourth-order valence-corrected chi connectivity index (χ4v) is 5.21. The Labute approximate surface area is 273 Å². The van der Waals surface area contributed by atoms with E-state index in [1.807, 2.05) is 0 Å². The number of hydrogen-bond donors (Lipinski definition) is 3.